The Morgan fingerprint density at radius 3 is 0.747 bits per heavy atom. The molecule has 0 radical (unpaired) electrons. The van der Waals surface area contributed by atoms with Crippen molar-refractivity contribution in [3.05, 3.63) is 332 Å². The first-order valence-corrected chi connectivity index (χ1v) is 31.1. The molecule has 4 aromatic heterocycles. The van der Waals surface area contributed by atoms with E-state index in [9.17, 15) is 6.57 Å². The third-order valence-corrected chi connectivity index (χ3v) is 18.8. The summed E-state index contributed by atoms with van der Waals surface area (Å²) in [6.07, 6.45) is 0. The molecule has 0 saturated carbocycles. The van der Waals surface area contributed by atoms with Crippen molar-refractivity contribution in [2.24, 2.45) is 0 Å². The van der Waals surface area contributed by atoms with Gasteiger partial charge in [0.1, 0.15) is 0 Å². The Balaban J connectivity index is 1.13. The van der Waals surface area contributed by atoms with E-state index in [1.165, 1.54) is 0 Å². The maximum absolute atomic E-state index is 10.3. The van der Waals surface area contributed by atoms with Crippen molar-refractivity contribution < 1.29 is 0 Å². The van der Waals surface area contributed by atoms with Crippen molar-refractivity contribution in [2.75, 3.05) is 0 Å². The Hall–Kier alpha value is -12.2. The summed E-state index contributed by atoms with van der Waals surface area (Å²) in [4.78, 5) is 5.12. The predicted molar refractivity (Wildman–Crippen MR) is 382 cm³/mol. The lowest BCUT2D eigenvalue weighted by atomic mass is 9.94. The second-order valence-electron chi connectivity index (χ2n) is 23.9. The second kappa shape index (κ2) is 20.7. The van der Waals surface area contributed by atoms with Crippen LogP contribution < -0.4 is 0 Å². The van der Waals surface area contributed by atoms with E-state index in [1.807, 2.05) is 0 Å². The molecule has 14 aromatic carbocycles. The van der Waals surface area contributed by atoms with Gasteiger partial charge in [-0.3, -0.25) is 0 Å². The number of aromatic nitrogens is 4. The first kappa shape index (κ1) is 51.9. The number of fused-ring (bicyclic) bond motifs is 12. The number of aryl methyl sites for hydroxylation is 1. The lowest BCUT2D eigenvalue weighted by molar-refractivity contribution is 1.05. The summed E-state index contributed by atoms with van der Waals surface area (Å²) < 4.78 is 9.88. The van der Waals surface area contributed by atoms with Crippen LogP contribution >= 0.6 is 0 Å². The van der Waals surface area contributed by atoms with Crippen LogP contribution in [0, 0.1) is 13.5 Å². The molecule has 18 rings (SSSR count). The van der Waals surface area contributed by atoms with Crippen LogP contribution in [0.1, 0.15) is 5.56 Å². The first-order chi connectivity index (χ1) is 45.1. The number of rotatable bonds is 9. The second-order valence-corrected chi connectivity index (χ2v) is 23.9. The molecule has 91 heavy (non-hydrogen) atoms. The molecule has 5 nitrogen and oxygen atoms in total. The normalized spacial score (nSPS) is 11.8. The molecule has 0 saturated heterocycles. The highest BCUT2D eigenvalue weighted by atomic mass is 15.1. The van der Waals surface area contributed by atoms with Crippen molar-refractivity contribution in [3.8, 4) is 78.4 Å². The quantitative estimate of drug-likeness (QED) is 0.129. The Morgan fingerprint density at radius 2 is 0.462 bits per heavy atom. The Morgan fingerprint density at radius 1 is 0.220 bits per heavy atom. The largest absolute Gasteiger partial charge is 0.317 e. The molecular formula is C86H55N5. The van der Waals surface area contributed by atoms with E-state index in [2.05, 4.69) is 341 Å². The summed E-state index contributed by atoms with van der Waals surface area (Å²) in [6, 6.07) is 115. The van der Waals surface area contributed by atoms with Gasteiger partial charge in [-0.1, -0.05) is 248 Å². The lowest BCUT2D eigenvalue weighted by Gasteiger charge is -2.29. The molecule has 0 aliphatic heterocycles. The van der Waals surface area contributed by atoms with Crippen LogP contribution in [0.4, 0.5) is 5.69 Å². The molecule has 424 valence electrons. The molecule has 5 heteroatoms. The van der Waals surface area contributed by atoms with Gasteiger partial charge in [-0.2, -0.15) is 0 Å². The summed E-state index contributed by atoms with van der Waals surface area (Å²) in [6.45, 7) is 12.5. The van der Waals surface area contributed by atoms with E-state index in [-0.39, 0.29) is 0 Å². The van der Waals surface area contributed by atoms with Crippen LogP contribution in [0.3, 0.4) is 0 Å². The molecule has 4 heterocycles. The van der Waals surface area contributed by atoms with Crippen molar-refractivity contribution in [1.82, 2.24) is 18.3 Å². The van der Waals surface area contributed by atoms with E-state index >= 15 is 0 Å². The smallest absolute Gasteiger partial charge is 0.238 e. The zero-order valence-electron chi connectivity index (χ0n) is 49.8. The predicted octanol–water partition coefficient (Wildman–Crippen LogP) is 23.3. The van der Waals surface area contributed by atoms with Crippen molar-refractivity contribution >= 4 is 92.9 Å². The van der Waals surface area contributed by atoms with Crippen LogP contribution in [0.25, 0.3) is 170 Å². The van der Waals surface area contributed by atoms with E-state index < -0.39 is 0 Å². The monoisotopic (exact) mass is 1160 g/mol. The third-order valence-electron chi connectivity index (χ3n) is 18.8. The summed E-state index contributed by atoms with van der Waals surface area (Å²) in [5.74, 6) is 0. The van der Waals surface area contributed by atoms with E-state index in [1.54, 1.807) is 0 Å². The summed E-state index contributed by atoms with van der Waals surface area (Å²) in [5.41, 5.74) is 24.1. The van der Waals surface area contributed by atoms with Gasteiger partial charge in [-0.05, 0) is 130 Å². The molecular weight excluding hydrogens is 1100 g/mol. The number of benzene rings is 14. The lowest BCUT2D eigenvalue weighted by Crippen LogP contribution is -2.14. The van der Waals surface area contributed by atoms with Crippen LogP contribution in [0.5, 0.6) is 0 Å². The SMILES string of the molecule is [C-]#[N+]c1c(-n2c3ccccc3c3ccccc32)c(-n2c3ccc(-c4ccccc4)cc3c3cc(-c4ccccc4)ccc32)c(-c2ccc(C)cc2)c(-n2c3ccc(-c4ccccc4)cc3c3cc(-c4ccccc4)ccc32)c1-n1c2ccccc2c2ccccc21. The molecule has 18 aromatic rings. The van der Waals surface area contributed by atoms with E-state index in [4.69, 9.17) is 4.85 Å². The van der Waals surface area contributed by atoms with Crippen molar-refractivity contribution in [2.45, 2.75) is 6.92 Å². The fourth-order valence-corrected chi connectivity index (χ4v) is 14.7. The topological polar surface area (TPSA) is 24.1 Å². The minimum Gasteiger partial charge on any atom is -0.317 e. The fourth-order valence-electron chi connectivity index (χ4n) is 14.7. The molecule has 0 aliphatic carbocycles. The standard InChI is InChI=1S/C86H55N5/c1-55-39-41-60(42-40-55)81-83(88-77-47-43-61(56-23-7-3-8-24-56)51-69(77)70-52-62(44-48-78(70)88)57-25-9-4-10-26-57)85(90-73-35-19-15-31-65(73)66-32-16-20-36-74(66)90)82(87-2)86(91-75-37-21-17-33-67(75)68-34-18-22-38-76(68)91)84(81)89-79-49-45-63(58-27-11-5-12-28-58)53-71(79)72-54-64(46-50-80(72)89)59-29-13-6-14-30-59/h3-54H,1H3. The molecule has 0 aliphatic rings. The van der Waals surface area contributed by atoms with Gasteiger partial charge in [0, 0.05) is 48.7 Å². The fraction of sp³-hybridized carbons (Fsp3) is 0.0116. The van der Waals surface area contributed by atoms with Gasteiger partial charge in [0.05, 0.1) is 73.5 Å². The van der Waals surface area contributed by atoms with Crippen LogP contribution in [0.2, 0.25) is 0 Å². The van der Waals surface area contributed by atoms with Gasteiger partial charge in [0.25, 0.3) is 0 Å². The van der Waals surface area contributed by atoms with Gasteiger partial charge < -0.3 is 18.3 Å². The molecule has 0 amide bonds. The molecule has 0 unspecified atom stereocenters. The summed E-state index contributed by atoms with van der Waals surface area (Å²) in [5, 5.41) is 8.84. The minimum atomic E-state index is 0.507. The van der Waals surface area contributed by atoms with Crippen molar-refractivity contribution in [3.63, 3.8) is 0 Å². The molecule has 0 spiro atoms. The van der Waals surface area contributed by atoms with E-state index in [0.29, 0.717) is 5.69 Å². The average Bonchev–Trinajstić information content (AvgIpc) is 1.59. The number of hydrogen-bond donors (Lipinski definition) is 0. The highest BCUT2D eigenvalue weighted by Gasteiger charge is 2.35. The Kier molecular flexibility index (Phi) is 11.8. The number of para-hydroxylation sites is 4. The highest BCUT2D eigenvalue weighted by Crippen LogP contribution is 2.55. The molecule has 0 bridgehead atoms. The highest BCUT2D eigenvalue weighted by molar-refractivity contribution is 6.19. The van der Waals surface area contributed by atoms with Crippen LogP contribution in [-0.2, 0) is 0 Å². The van der Waals surface area contributed by atoms with Gasteiger partial charge in [-0.15, -0.1) is 0 Å². The average molecular weight is 1160 g/mol. The van der Waals surface area contributed by atoms with Gasteiger partial charge in [0.2, 0.25) is 5.69 Å². The third kappa shape index (κ3) is 8.03. The first-order valence-electron chi connectivity index (χ1n) is 31.1. The minimum absolute atomic E-state index is 0.507. The Bertz CT molecular complexity index is 5360. The van der Waals surface area contributed by atoms with Crippen LogP contribution in [0.15, 0.2) is 315 Å². The van der Waals surface area contributed by atoms with Crippen molar-refractivity contribution in [1.29, 1.82) is 0 Å². The zero-order valence-corrected chi connectivity index (χ0v) is 49.8. The molecule has 0 atom stereocenters. The summed E-state index contributed by atoms with van der Waals surface area (Å²) >= 11 is 0. The van der Waals surface area contributed by atoms with Gasteiger partial charge in [-0.25, -0.2) is 4.85 Å². The Labute approximate surface area is 525 Å². The number of hydrogen-bond acceptors (Lipinski definition) is 0. The molecule has 0 N–H and O–H groups in total. The maximum atomic E-state index is 10.3. The zero-order chi connectivity index (χ0) is 60.3. The van der Waals surface area contributed by atoms with Gasteiger partial charge in [0.15, 0.2) is 0 Å². The maximum Gasteiger partial charge on any atom is 0.238 e. The molecule has 0 fully saturated rings. The number of nitrogens with zero attached hydrogens (tertiary/aromatic N) is 5. The van der Waals surface area contributed by atoms with Crippen LogP contribution in [-0.4, -0.2) is 18.3 Å². The summed E-state index contributed by atoms with van der Waals surface area (Å²) in [7, 11) is 0. The van der Waals surface area contributed by atoms with E-state index in [0.717, 1.165) is 171 Å². The van der Waals surface area contributed by atoms with Gasteiger partial charge >= 0.3 is 0 Å².